The molecule has 4 N–H and O–H groups in total. The number of amides is 1. The van der Waals surface area contributed by atoms with Crippen LogP contribution in [0.2, 0.25) is 5.02 Å². The maximum Gasteiger partial charge on any atom is 0.252 e. The molecule has 1 unspecified atom stereocenters. The van der Waals surface area contributed by atoms with Crippen molar-refractivity contribution in [2.75, 3.05) is 18.9 Å². The minimum absolute atomic E-state index is 0.121. The third-order valence-corrected chi connectivity index (χ3v) is 2.80. The van der Waals surface area contributed by atoms with Crippen molar-refractivity contribution in [2.24, 2.45) is 5.92 Å². The molecule has 1 atom stereocenters. The molecule has 94 valence electrons. The van der Waals surface area contributed by atoms with Crippen LogP contribution in [0.4, 0.5) is 5.69 Å². The summed E-state index contributed by atoms with van der Waals surface area (Å²) in [5, 5.41) is 11.9. The van der Waals surface area contributed by atoms with Gasteiger partial charge in [-0.2, -0.15) is 0 Å². The number of nitrogen functional groups attached to an aromatic ring is 1. The molecule has 1 aromatic rings. The number of rotatable bonds is 5. The smallest absolute Gasteiger partial charge is 0.252 e. The number of carbonyl (C=O) groups excluding carboxylic acids is 1. The first-order valence-corrected chi connectivity index (χ1v) is 5.86. The van der Waals surface area contributed by atoms with E-state index in [2.05, 4.69) is 5.32 Å². The molecule has 0 aliphatic carbocycles. The van der Waals surface area contributed by atoms with Crippen molar-refractivity contribution in [1.82, 2.24) is 5.32 Å². The first-order chi connectivity index (χ1) is 8.04. The van der Waals surface area contributed by atoms with Crippen LogP contribution in [-0.4, -0.2) is 24.2 Å². The van der Waals surface area contributed by atoms with Gasteiger partial charge in [0.05, 0.1) is 10.6 Å². The second-order valence-corrected chi connectivity index (χ2v) is 4.47. The quantitative estimate of drug-likeness (QED) is 0.702. The molecule has 0 spiro atoms. The van der Waals surface area contributed by atoms with E-state index in [-0.39, 0.29) is 18.4 Å². The van der Waals surface area contributed by atoms with Gasteiger partial charge < -0.3 is 16.2 Å². The highest BCUT2D eigenvalue weighted by Gasteiger charge is 2.11. The van der Waals surface area contributed by atoms with Crippen molar-refractivity contribution in [3.8, 4) is 0 Å². The fraction of sp³-hybridized carbons (Fsp3) is 0.417. The van der Waals surface area contributed by atoms with E-state index in [9.17, 15) is 4.79 Å². The first-order valence-electron chi connectivity index (χ1n) is 5.48. The van der Waals surface area contributed by atoms with Crippen molar-refractivity contribution >= 4 is 23.2 Å². The van der Waals surface area contributed by atoms with E-state index >= 15 is 0 Å². The zero-order chi connectivity index (χ0) is 12.8. The summed E-state index contributed by atoms with van der Waals surface area (Å²) in [4.78, 5) is 11.8. The van der Waals surface area contributed by atoms with E-state index in [0.717, 1.165) is 0 Å². The minimum atomic E-state index is -0.243. The lowest BCUT2D eigenvalue weighted by Crippen LogP contribution is -2.28. The molecule has 0 fully saturated rings. The Balaban J connectivity index is 2.61. The van der Waals surface area contributed by atoms with Gasteiger partial charge in [0.1, 0.15) is 0 Å². The van der Waals surface area contributed by atoms with Crippen molar-refractivity contribution in [1.29, 1.82) is 0 Å². The van der Waals surface area contributed by atoms with E-state index in [0.29, 0.717) is 29.2 Å². The number of halogens is 1. The molecule has 17 heavy (non-hydrogen) atoms. The Kier molecular flexibility index (Phi) is 5.25. The maximum atomic E-state index is 11.8. The monoisotopic (exact) mass is 256 g/mol. The van der Waals surface area contributed by atoms with Gasteiger partial charge in [-0.25, -0.2) is 0 Å². The highest BCUT2D eigenvalue weighted by molar-refractivity contribution is 6.34. The predicted octanol–water partition coefficient (Wildman–Crippen LogP) is 1.67. The van der Waals surface area contributed by atoms with Gasteiger partial charge in [-0.1, -0.05) is 18.5 Å². The van der Waals surface area contributed by atoms with E-state index in [1.807, 2.05) is 6.92 Å². The van der Waals surface area contributed by atoms with Gasteiger partial charge in [-0.3, -0.25) is 4.79 Å². The second-order valence-electron chi connectivity index (χ2n) is 4.07. The van der Waals surface area contributed by atoms with Crippen molar-refractivity contribution in [2.45, 2.75) is 13.3 Å². The van der Waals surface area contributed by atoms with E-state index < -0.39 is 0 Å². The molecule has 0 heterocycles. The number of aliphatic hydroxyl groups is 1. The van der Waals surface area contributed by atoms with Crippen LogP contribution < -0.4 is 11.1 Å². The fourth-order valence-electron chi connectivity index (χ4n) is 1.40. The average molecular weight is 257 g/mol. The zero-order valence-corrected chi connectivity index (χ0v) is 10.5. The molecule has 0 aliphatic heterocycles. The van der Waals surface area contributed by atoms with Crippen LogP contribution in [0.25, 0.3) is 0 Å². The molecular formula is C12H17ClN2O2. The van der Waals surface area contributed by atoms with Crippen LogP contribution in [0.5, 0.6) is 0 Å². The summed E-state index contributed by atoms with van der Waals surface area (Å²) in [6.07, 6.45) is 0.658. The third-order valence-electron chi connectivity index (χ3n) is 2.47. The lowest BCUT2D eigenvalue weighted by atomic mass is 10.1. The zero-order valence-electron chi connectivity index (χ0n) is 9.74. The van der Waals surface area contributed by atoms with Crippen LogP contribution in [0, 0.1) is 5.92 Å². The van der Waals surface area contributed by atoms with Gasteiger partial charge >= 0.3 is 0 Å². The molecule has 0 aliphatic rings. The van der Waals surface area contributed by atoms with Gasteiger partial charge in [0.2, 0.25) is 0 Å². The molecule has 1 aromatic carbocycles. The second kappa shape index (κ2) is 6.47. The number of carbonyl (C=O) groups is 1. The Labute approximate surface area is 106 Å². The van der Waals surface area contributed by atoms with Crippen LogP contribution in [-0.2, 0) is 0 Å². The van der Waals surface area contributed by atoms with E-state index in [1.165, 1.54) is 0 Å². The molecule has 4 nitrogen and oxygen atoms in total. The van der Waals surface area contributed by atoms with Crippen molar-refractivity contribution in [3.05, 3.63) is 28.8 Å². The van der Waals surface area contributed by atoms with Crippen LogP contribution in [0.15, 0.2) is 18.2 Å². The number of nitrogens with one attached hydrogen (secondary N) is 1. The molecule has 0 aromatic heterocycles. The van der Waals surface area contributed by atoms with Gasteiger partial charge in [-0.15, -0.1) is 0 Å². The summed E-state index contributed by atoms with van der Waals surface area (Å²) in [5.74, 6) is -0.0177. The molecule has 1 amide bonds. The number of hydrogen-bond acceptors (Lipinski definition) is 3. The Hall–Kier alpha value is -1.26. The average Bonchev–Trinajstić information content (AvgIpc) is 2.29. The standard InChI is InChI=1S/C12H17ClN2O2/c1-8(4-5-16)7-15-12(17)10-6-9(14)2-3-11(10)13/h2-3,6,8,16H,4-5,7,14H2,1H3,(H,15,17). The third kappa shape index (κ3) is 4.24. The van der Waals surface area contributed by atoms with Gasteiger partial charge in [0.15, 0.2) is 0 Å². The van der Waals surface area contributed by atoms with Crippen molar-refractivity contribution < 1.29 is 9.90 Å². The number of nitrogens with two attached hydrogens (primary N) is 1. The van der Waals surface area contributed by atoms with E-state index in [4.69, 9.17) is 22.4 Å². The minimum Gasteiger partial charge on any atom is -0.399 e. The number of benzene rings is 1. The molecule has 0 saturated carbocycles. The lowest BCUT2D eigenvalue weighted by Gasteiger charge is -2.12. The Bertz CT molecular complexity index is 396. The summed E-state index contributed by atoms with van der Waals surface area (Å²) in [6, 6.07) is 4.80. The molecule has 0 saturated heterocycles. The largest absolute Gasteiger partial charge is 0.399 e. The predicted molar refractivity (Wildman–Crippen MR) is 69.1 cm³/mol. The number of hydrogen-bond donors (Lipinski definition) is 3. The Morgan fingerprint density at radius 2 is 2.29 bits per heavy atom. The highest BCUT2D eigenvalue weighted by Crippen LogP contribution is 2.18. The lowest BCUT2D eigenvalue weighted by molar-refractivity contribution is 0.0945. The van der Waals surface area contributed by atoms with Crippen molar-refractivity contribution in [3.63, 3.8) is 0 Å². The summed E-state index contributed by atoms with van der Waals surface area (Å²) in [5.41, 5.74) is 6.48. The topological polar surface area (TPSA) is 75.3 Å². The molecular weight excluding hydrogens is 240 g/mol. The summed E-state index contributed by atoms with van der Waals surface area (Å²) in [7, 11) is 0. The number of anilines is 1. The Morgan fingerprint density at radius 1 is 1.59 bits per heavy atom. The SMILES string of the molecule is CC(CCO)CNC(=O)c1cc(N)ccc1Cl. The molecule has 1 rings (SSSR count). The molecule has 0 bridgehead atoms. The normalized spacial score (nSPS) is 12.2. The van der Waals surface area contributed by atoms with Crippen LogP contribution >= 0.6 is 11.6 Å². The highest BCUT2D eigenvalue weighted by atomic mass is 35.5. The van der Waals surface area contributed by atoms with Crippen LogP contribution in [0.3, 0.4) is 0 Å². The van der Waals surface area contributed by atoms with Gasteiger partial charge in [0, 0.05) is 18.8 Å². The summed E-state index contributed by atoms with van der Waals surface area (Å²) in [6.45, 7) is 2.58. The molecule has 5 heteroatoms. The number of aliphatic hydroxyl groups excluding tert-OH is 1. The first kappa shape index (κ1) is 13.8. The van der Waals surface area contributed by atoms with Gasteiger partial charge in [-0.05, 0) is 30.5 Å². The van der Waals surface area contributed by atoms with E-state index in [1.54, 1.807) is 18.2 Å². The maximum absolute atomic E-state index is 11.8. The summed E-state index contributed by atoms with van der Waals surface area (Å²) >= 11 is 5.91. The summed E-state index contributed by atoms with van der Waals surface area (Å²) < 4.78 is 0. The van der Waals surface area contributed by atoms with Gasteiger partial charge in [0.25, 0.3) is 5.91 Å². The Morgan fingerprint density at radius 3 is 2.94 bits per heavy atom. The fourth-order valence-corrected chi connectivity index (χ4v) is 1.60. The van der Waals surface area contributed by atoms with Crippen LogP contribution in [0.1, 0.15) is 23.7 Å². The molecule has 0 radical (unpaired) electrons.